The molecule has 0 aliphatic rings. The fourth-order valence-corrected chi connectivity index (χ4v) is 2.41. The molecule has 0 radical (unpaired) electrons. The Labute approximate surface area is 139 Å². The predicted molar refractivity (Wildman–Crippen MR) is 95.7 cm³/mol. The summed E-state index contributed by atoms with van der Waals surface area (Å²) in [6, 6.07) is 14.1. The predicted octanol–water partition coefficient (Wildman–Crippen LogP) is 4.08. The molecule has 24 heavy (non-hydrogen) atoms. The molecular formula is C19H17FN4. The van der Waals surface area contributed by atoms with Crippen LogP contribution in [0.5, 0.6) is 0 Å². The normalized spacial score (nSPS) is 10.4. The van der Waals surface area contributed by atoms with Crippen LogP contribution in [-0.2, 0) is 6.54 Å². The van der Waals surface area contributed by atoms with Gasteiger partial charge in [-0.05, 0) is 29.8 Å². The summed E-state index contributed by atoms with van der Waals surface area (Å²) in [4.78, 5) is 4.23. The fourth-order valence-electron chi connectivity index (χ4n) is 2.41. The highest BCUT2D eigenvalue weighted by atomic mass is 19.1. The van der Waals surface area contributed by atoms with Crippen LogP contribution in [0.2, 0.25) is 0 Å². The Kier molecular flexibility index (Phi) is 4.52. The third-order valence-corrected chi connectivity index (χ3v) is 3.75. The van der Waals surface area contributed by atoms with E-state index < -0.39 is 0 Å². The van der Waals surface area contributed by atoms with Crippen molar-refractivity contribution in [2.24, 2.45) is 0 Å². The van der Waals surface area contributed by atoms with E-state index in [4.69, 9.17) is 11.1 Å². The maximum Gasteiger partial charge on any atom is 0.128 e. The Morgan fingerprint density at radius 1 is 1.08 bits per heavy atom. The number of nitrogens with two attached hydrogens (primary N) is 1. The molecule has 0 aliphatic heterocycles. The molecule has 0 aliphatic carbocycles. The molecule has 5 heteroatoms. The summed E-state index contributed by atoms with van der Waals surface area (Å²) in [7, 11) is 0. The van der Waals surface area contributed by atoms with E-state index in [-0.39, 0.29) is 5.82 Å². The number of aromatic nitrogens is 1. The number of nitrogens with one attached hydrogen (secondary N) is 2. The number of benzene rings is 2. The lowest BCUT2D eigenvalue weighted by molar-refractivity contribution is 0.613. The van der Waals surface area contributed by atoms with E-state index in [1.54, 1.807) is 30.6 Å². The van der Waals surface area contributed by atoms with Gasteiger partial charge in [-0.25, -0.2) is 4.39 Å². The largest absolute Gasteiger partial charge is 0.398 e. The second-order valence-electron chi connectivity index (χ2n) is 5.40. The van der Waals surface area contributed by atoms with Gasteiger partial charge in [0.1, 0.15) is 5.82 Å². The van der Waals surface area contributed by atoms with Crippen LogP contribution >= 0.6 is 0 Å². The van der Waals surface area contributed by atoms with Crippen molar-refractivity contribution in [3.05, 3.63) is 77.9 Å². The summed E-state index contributed by atoms with van der Waals surface area (Å²) in [6.45, 7) is 0.380. The zero-order chi connectivity index (χ0) is 16.9. The van der Waals surface area contributed by atoms with E-state index in [1.165, 1.54) is 12.3 Å². The van der Waals surface area contributed by atoms with Crippen LogP contribution in [0.25, 0.3) is 11.1 Å². The SMILES string of the molecule is N=Cc1cc(-c2cncc(NCc3ccccc3F)c2)ccc1N. The van der Waals surface area contributed by atoms with E-state index in [0.717, 1.165) is 16.8 Å². The first-order valence-corrected chi connectivity index (χ1v) is 7.50. The number of anilines is 2. The summed E-state index contributed by atoms with van der Waals surface area (Å²) < 4.78 is 13.7. The van der Waals surface area contributed by atoms with E-state index in [1.807, 2.05) is 24.3 Å². The molecule has 4 nitrogen and oxygen atoms in total. The van der Waals surface area contributed by atoms with Gasteiger partial charge in [-0.1, -0.05) is 24.3 Å². The summed E-state index contributed by atoms with van der Waals surface area (Å²) in [5.74, 6) is -0.233. The molecule has 2 aromatic carbocycles. The lowest BCUT2D eigenvalue weighted by Gasteiger charge is -2.10. The highest BCUT2D eigenvalue weighted by molar-refractivity contribution is 5.87. The Hall–Kier alpha value is -3.21. The average molecular weight is 320 g/mol. The maximum atomic E-state index is 13.7. The van der Waals surface area contributed by atoms with E-state index in [0.29, 0.717) is 23.4 Å². The van der Waals surface area contributed by atoms with Crippen LogP contribution in [0, 0.1) is 11.2 Å². The lowest BCUT2D eigenvalue weighted by Crippen LogP contribution is -2.02. The minimum absolute atomic E-state index is 0.233. The van der Waals surface area contributed by atoms with Crippen molar-refractivity contribution in [3.8, 4) is 11.1 Å². The zero-order valence-electron chi connectivity index (χ0n) is 13.0. The molecule has 120 valence electrons. The summed E-state index contributed by atoms with van der Waals surface area (Å²) in [6.07, 6.45) is 4.67. The molecule has 0 spiro atoms. The Morgan fingerprint density at radius 3 is 2.71 bits per heavy atom. The number of pyridine rings is 1. The van der Waals surface area contributed by atoms with Crippen molar-refractivity contribution in [1.29, 1.82) is 5.41 Å². The molecule has 1 aromatic heterocycles. The van der Waals surface area contributed by atoms with Crippen molar-refractivity contribution >= 4 is 17.6 Å². The van der Waals surface area contributed by atoms with Crippen molar-refractivity contribution in [3.63, 3.8) is 0 Å². The van der Waals surface area contributed by atoms with Crippen LogP contribution in [0.1, 0.15) is 11.1 Å². The standard InChI is InChI=1S/C19H17FN4/c20-18-4-2-1-3-14(18)11-24-17-8-16(10-23-12-17)13-5-6-19(22)15(7-13)9-21/h1-10,12,21,24H,11,22H2. The third-order valence-electron chi connectivity index (χ3n) is 3.75. The molecule has 0 saturated heterocycles. The molecule has 1 heterocycles. The van der Waals surface area contributed by atoms with E-state index in [9.17, 15) is 4.39 Å². The van der Waals surface area contributed by atoms with Crippen LogP contribution in [0.4, 0.5) is 15.8 Å². The van der Waals surface area contributed by atoms with Gasteiger partial charge >= 0.3 is 0 Å². The molecule has 0 saturated carbocycles. The monoisotopic (exact) mass is 320 g/mol. The van der Waals surface area contributed by atoms with Gasteiger partial charge in [0.05, 0.1) is 5.69 Å². The topological polar surface area (TPSA) is 74.8 Å². The van der Waals surface area contributed by atoms with Crippen molar-refractivity contribution in [1.82, 2.24) is 4.98 Å². The fraction of sp³-hybridized carbons (Fsp3) is 0.0526. The lowest BCUT2D eigenvalue weighted by atomic mass is 10.0. The number of halogens is 1. The number of nitrogens with zero attached hydrogens (tertiary/aromatic N) is 1. The number of rotatable bonds is 5. The zero-order valence-corrected chi connectivity index (χ0v) is 13.0. The highest BCUT2D eigenvalue weighted by Gasteiger charge is 2.05. The first kappa shape index (κ1) is 15.7. The molecule has 0 atom stereocenters. The van der Waals surface area contributed by atoms with Crippen LogP contribution in [0.15, 0.2) is 60.9 Å². The van der Waals surface area contributed by atoms with Crippen molar-refractivity contribution in [2.75, 3.05) is 11.1 Å². The molecular weight excluding hydrogens is 303 g/mol. The van der Waals surface area contributed by atoms with Gasteiger partial charge in [0.2, 0.25) is 0 Å². The average Bonchev–Trinajstić information content (AvgIpc) is 2.62. The third kappa shape index (κ3) is 3.41. The molecule has 4 N–H and O–H groups in total. The molecule has 3 rings (SSSR count). The molecule has 0 unspecified atom stereocenters. The van der Waals surface area contributed by atoms with Gasteiger partial charge in [-0.2, -0.15) is 0 Å². The van der Waals surface area contributed by atoms with Gasteiger partial charge in [0.25, 0.3) is 0 Å². The minimum Gasteiger partial charge on any atom is -0.398 e. The van der Waals surface area contributed by atoms with Crippen LogP contribution < -0.4 is 11.1 Å². The van der Waals surface area contributed by atoms with Gasteiger partial charge in [-0.15, -0.1) is 0 Å². The molecule has 0 fully saturated rings. The van der Waals surface area contributed by atoms with Crippen LogP contribution in [0.3, 0.4) is 0 Å². The molecule has 0 amide bonds. The Bertz CT molecular complexity index is 877. The van der Waals surface area contributed by atoms with Gasteiger partial charge in [-0.3, -0.25) is 4.98 Å². The number of hydrogen-bond acceptors (Lipinski definition) is 4. The Balaban J connectivity index is 1.82. The second-order valence-corrected chi connectivity index (χ2v) is 5.40. The summed E-state index contributed by atoms with van der Waals surface area (Å²) in [5, 5.41) is 10.6. The van der Waals surface area contributed by atoms with E-state index in [2.05, 4.69) is 10.3 Å². The first-order valence-electron chi connectivity index (χ1n) is 7.50. The van der Waals surface area contributed by atoms with Gasteiger partial charge < -0.3 is 16.5 Å². The molecule has 0 bridgehead atoms. The van der Waals surface area contributed by atoms with Crippen molar-refractivity contribution in [2.45, 2.75) is 6.54 Å². The maximum absolute atomic E-state index is 13.7. The summed E-state index contributed by atoms with van der Waals surface area (Å²) in [5.41, 5.74) is 10.3. The summed E-state index contributed by atoms with van der Waals surface area (Å²) >= 11 is 0. The van der Waals surface area contributed by atoms with Crippen LogP contribution in [-0.4, -0.2) is 11.2 Å². The quantitative estimate of drug-likeness (QED) is 0.490. The Morgan fingerprint density at radius 2 is 1.92 bits per heavy atom. The van der Waals surface area contributed by atoms with Gasteiger partial charge in [0, 0.05) is 47.5 Å². The first-order chi connectivity index (χ1) is 11.7. The molecule has 3 aromatic rings. The number of nitrogen functional groups attached to an aromatic ring is 1. The number of hydrogen-bond donors (Lipinski definition) is 3. The van der Waals surface area contributed by atoms with Crippen molar-refractivity contribution < 1.29 is 4.39 Å². The second kappa shape index (κ2) is 6.91. The highest BCUT2D eigenvalue weighted by Crippen LogP contribution is 2.25. The van der Waals surface area contributed by atoms with Gasteiger partial charge in [0.15, 0.2) is 0 Å². The van der Waals surface area contributed by atoms with E-state index >= 15 is 0 Å². The minimum atomic E-state index is -0.233. The smallest absolute Gasteiger partial charge is 0.128 e.